The van der Waals surface area contributed by atoms with Gasteiger partial charge in [-0.25, -0.2) is 9.59 Å². The molecule has 1 unspecified atom stereocenters. The molecule has 0 radical (unpaired) electrons. The zero-order chi connectivity index (χ0) is 13.8. The van der Waals surface area contributed by atoms with Gasteiger partial charge in [-0.3, -0.25) is 0 Å². The van der Waals surface area contributed by atoms with Gasteiger partial charge in [-0.1, -0.05) is 0 Å². The number of nitrogens with one attached hydrogen (secondary N) is 1. The molecule has 2 rings (SSSR count). The maximum atomic E-state index is 12.0. The van der Waals surface area contributed by atoms with Crippen LogP contribution in [0.1, 0.15) is 16.8 Å². The molecule has 2 N–H and O–H groups in total. The number of carbonyl (C=O) groups is 2. The molecule has 1 saturated heterocycles. The average Bonchev–Trinajstić information content (AvgIpc) is 2.92. The Morgan fingerprint density at radius 2 is 2.05 bits per heavy atom. The van der Waals surface area contributed by atoms with E-state index in [1.54, 1.807) is 24.1 Å². The minimum atomic E-state index is -0.988. The topological polar surface area (TPSA) is 78.9 Å². The number of ether oxygens (including phenoxy) is 1. The maximum Gasteiger partial charge on any atom is 0.335 e. The van der Waals surface area contributed by atoms with Crippen molar-refractivity contribution in [2.75, 3.05) is 25.6 Å². The van der Waals surface area contributed by atoms with Gasteiger partial charge in [-0.05, 0) is 30.7 Å². The van der Waals surface area contributed by atoms with E-state index >= 15 is 0 Å². The molecular weight excluding hydrogens is 248 g/mol. The second-order valence-electron chi connectivity index (χ2n) is 4.44. The Bertz CT molecular complexity index is 466. The molecule has 2 amide bonds. The predicted molar refractivity (Wildman–Crippen MR) is 69.4 cm³/mol. The highest BCUT2D eigenvalue weighted by atomic mass is 16.5. The standard InChI is InChI=1S/C13H16N2O4/c1-15(11-6-7-19-8-11)13(18)14-10-4-2-9(3-5-10)12(16)17/h2-5,11H,6-8H2,1H3,(H,14,18)(H,16,17). The Labute approximate surface area is 111 Å². The van der Waals surface area contributed by atoms with Gasteiger partial charge in [0.05, 0.1) is 18.2 Å². The highest BCUT2D eigenvalue weighted by Gasteiger charge is 2.24. The lowest BCUT2D eigenvalue weighted by Crippen LogP contribution is -2.40. The predicted octanol–water partition coefficient (Wildman–Crippen LogP) is 1.64. The number of urea groups is 1. The molecule has 1 aliphatic heterocycles. The smallest absolute Gasteiger partial charge is 0.335 e. The third-order valence-corrected chi connectivity index (χ3v) is 3.16. The van der Waals surface area contributed by atoms with Crippen molar-refractivity contribution in [3.8, 4) is 0 Å². The van der Waals surface area contributed by atoms with E-state index in [0.29, 0.717) is 18.9 Å². The second kappa shape index (κ2) is 5.71. The normalized spacial score (nSPS) is 18.1. The van der Waals surface area contributed by atoms with Crippen LogP contribution in [-0.4, -0.2) is 48.3 Å². The fourth-order valence-electron chi connectivity index (χ4n) is 1.90. The monoisotopic (exact) mass is 264 g/mol. The van der Waals surface area contributed by atoms with Gasteiger partial charge in [0.15, 0.2) is 0 Å². The lowest BCUT2D eigenvalue weighted by Gasteiger charge is -2.23. The number of amides is 2. The van der Waals surface area contributed by atoms with E-state index in [2.05, 4.69) is 5.32 Å². The molecule has 1 heterocycles. The first-order valence-corrected chi connectivity index (χ1v) is 6.03. The largest absolute Gasteiger partial charge is 0.478 e. The maximum absolute atomic E-state index is 12.0. The molecule has 1 aliphatic rings. The molecule has 1 atom stereocenters. The van der Waals surface area contributed by atoms with Gasteiger partial charge in [0.25, 0.3) is 0 Å². The molecule has 0 saturated carbocycles. The summed E-state index contributed by atoms with van der Waals surface area (Å²) in [5.74, 6) is -0.988. The number of hydrogen-bond donors (Lipinski definition) is 2. The molecule has 0 aromatic heterocycles. The van der Waals surface area contributed by atoms with Crippen LogP contribution < -0.4 is 5.32 Å². The second-order valence-corrected chi connectivity index (χ2v) is 4.44. The van der Waals surface area contributed by atoms with Crippen molar-refractivity contribution >= 4 is 17.7 Å². The molecule has 0 spiro atoms. The zero-order valence-electron chi connectivity index (χ0n) is 10.6. The number of benzene rings is 1. The van der Waals surface area contributed by atoms with E-state index in [9.17, 15) is 9.59 Å². The quantitative estimate of drug-likeness (QED) is 0.869. The van der Waals surface area contributed by atoms with Gasteiger partial charge in [0.2, 0.25) is 0 Å². The number of carbonyl (C=O) groups excluding carboxylic acids is 1. The Hall–Kier alpha value is -2.08. The Balaban J connectivity index is 1.96. The van der Waals surface area contributed by atoms with E-state index in [-0.39, 0.29) is 17.6 Å². The summed E-state index contributed by atoms with van der Waals surface area (Å²) in [4.78, 5) is 24.3. The lowest BCUT2D eigenvalue weighted by atomic mass is 10.2. The summed E-state index contributed by atoms with van der Waals surface area (Å²) in [6.45, 7) is 1.23. The van der Waals surface area contributed by atoms with Gasteiger partial charge in [0, 0.05) is 19.3 Å². The number of rotatable bonds is 3. The number of carboxylic acids is 1. The number of anilines is 1. The van der Waals surface area contributed by atoms with Crippen LogP contribution >= 0.6 is 0 Å². The van der Waals surface area contributed by atoms with Gasteiger partial charge in [-0.15, -0.1) is 0 Å². The molecular formula is C13H16N2O4. The molecule has 1 fully saturated rings. The van der Waals surface area contributed by atoms with Crippen LogP contribution in [0.15, 0.2) is 24.3 Å². The summed E-state index contributed by atoms with van der Waals surface area (Å²) in [7, 11) is 1.72. The number of likely N-dealkylation sites (N-methyl/N-ethyl adjacent to an activating group) is 1. The number of aromatic carboxylic acids is 1. The van der Waals surface area contributed by atoms with Crippen molar-refractivity contribution in [1.29, 1.82) is 0 Å². The Morgan fingerprint density at radius 3 is 2.58 bits per heavy atom. The van der Waals surface area contributed by atoms with Gasteiger partial charge in [-0.2, -0.15) is 0 Å². The van der Waals surface area contributed by atoms with Gasteiger partial charge < -0.3 is 20.1 Å². The molecule has 0 aliphatic carbocycles. The summed E-state index contributed by atoms with van der Waals surface area (Å²) >= 11 is 0. The summed E-state index contributed by atoms with van der Waals surface area (Å²) in [6.07, 6.45) is 0.835. The molecule has 6 heteroatoms. The first-order valence-electron chi connectivity index (χ1n) is 6.03. The summed E-state index contributed by atoms with van der Waals surface area (Å²) in [6, 6.07) is 5.92. The zero-order valence-corrected chi connectivity index (χ0v) is 10.6. The number of hydrogen-bond acceptors (Lipinski definition) is 3. The van der Waals surface area contributed by atoms with E-state index in [1.807, 2.05) is 0 Å². The first kappa shape index (κ1) is 13.4. The van der Waals surface area contributed by atoms with Crippen LogP contribution in [0.25, 0.3) is 0 Å². The van der Waals surface area contributed by atoms with Crippen molar-refractivity contribution in [3.05, 3.63) is 29.8 Å². The van der Waals surface area contributed by atoms with Crippen LogP contribution in [0.5, 0.6) is 0 Å². The van der Waals surface area contributed by atoms with Crippen molar-refractivity contribution in [1.82, 2.24) is 4.90 Å². The van der Waals surface area contributed by atoms with Crippen molar-refractivity contribution < 1.29 is 19.4 Å². The number of nitrogens with zero attached hydrogens (tertiary/aromatic N) is 1. The SMILES string of the molecule is CN(C(=O)Nc1ccc(C(=O)O)cc1)C1CCOC1. The molecule has 0 bridgehead atoms. The fraction of sp³-hybridized carbons (Fsp3) is 0.385. The fourth-order valence-corrected chi connectivity index (χ4v) is 1.90. The Morgan fingerprint density at radius 1 is 1.37 bits per heavy atom. The first-order chi connectivity index (χ1) is 9.08. The number of carboxylic acid groups (broad SMARTS) is 1. The molecule has 6 nitrogen and oxygen atoms in total. The molecule has 102 valence electrons. The van der Waals surface area contributed by atoms with Crippen LogP contribution in [0, 0.1) is 0 Å². The van der Waals surface area contributed by atoms with Crippen molar-refractivity contribution in [2.24, 2.45) is 0 Å². The van der Waals surface area contributed by atoms with Crippen LogP contribution in [-0.2, 0) is 4.74 Å². The summed E-state index contributed by atoms with van der Waals surface area (Å²) in [5.41, 5.74) is 0.760. The van der Waals surface area contributed by atoms with E-state index in [0.717, 1.165) is 6.42 Å². The average molecular weight is 264 g/mol. The Kier molecular flexibility index (Phi) is 4.01. The van der Waals surface area contributed by atoms with Gasteiger partial charge >= 0.3 is 12.0 Å². The van der Waals surface area contributed by atoms with Gasteiger partial charge in [0.1, 0.15) is 0 Å². The van der Waals surface area contributed by atoms with Crippen molar-refractivity contribution in [3.63, 3.8) is 0 Å². The van der Waals surface area contributed by atoms with Crippen LogP contribution in [0.2, 0.25) is 0 Å². The van der Waals surface area contributed by atoms with E-state index < -0.39 is 5.97 Å². The van der Waals surface area contributed by atoms with Crippen LogP contribution in [0.4, 0.5) is 10.5 Å². The minimum absolute atomic E-state index is 0.0956. The van der Waals surface area contributed by atoms with Crippen molar-refractivity contribution in [2.45, 2.75) is 12.5 Å². The third kappa shape index (κ3) is 3.23. The highest BCUT2D eigenvalue weighted by Crippen LogP contribution is 2.14. The van der Waals surface area contributed by atoms with E-state index in [4.69, 9.17) is 9.84 Å². The lowest BCUT2D eigenvalue weighted by molar-refractivity contribution is 0.0697. The molecule has 1 aromatic carbocycles. The van der Waals surface area contributed by atoms with Crippen LogP contribution in [0.3, 0.4) is 0 Å². The molecule has 1 aromatic rings. The third-order valence-electron chi connectivity index (χ3n) is 3.16. The molecule has 19 heavy (non-hydrogen) atoms. The minimum Gasteiger partial charge on any atom is -0.478 e. The summed E-state index contributed by atoms with van der Waals surface area (Å²) in [5, 5.41) is 11.5. The highest BCUT2D eigenvalue weighted by molar-refractivity contribution is 5.91. The van der Waals surface area contributed by atoms with E-state index in [1.165, 1.54) is 12.1 Å². The summed E-state index contributed by atoms with van der Waals surface area (Å²) < 4.78 is 5.23.